The maximum atomic E-state index is 12.1. The third-order valence-corrected chi connectivity index (χ3v) is 2.77. The van der Waals surface area contributed by atoms with Crippen molar-refractivity contribution in [2.45, 2.75) is 66.0 Å². The first-order valence-corrected chi connectivity index (χ1v) is 6.53. The van der Waals surface area contributed by atoms with E-state index < -0.39 is 11.0 Å². The first-order valence-electron chi connectivity index (χ1n) is 6.53. The molecule has 4 nitrogen and oxygen atoms in total. The summed E-state index contributed by atoms with van der Waals surface area (Å²) < 4.78 is 5.35. The van der Waals surface area contributed by atoms with Gasteiger partial charge in [0.2, 0.25) is 0 Å². The van der Waals surface area contributed by atoms with Crippen molar-refractivity contribution in [1.82, 2.24) is 4.90 Å². The quantitative estimate of drug-likeness (QED) is 0.778. The SMILES string of the molecule is CC(C)(C)OC(=O)N(CC(=O)C(C)(C)C)C1CC1. The minimum atomic E-state index is -0.519. The monoisotopic (exact) mass is 255 g/mol. The Morgan fingerprint density at radius 2 is 1.61 bits per heavy atom. The number of ketones is 1. The molecule has 1 amide bonds. The number of amides is 1. The van der Waals surface area contributed by atoms with Crippen molar-refractivity contribution >= 4 is 11.9 Å². The van der Waals surface area contributed by atoms with Gasteiger partial charge in [0.05, 0.1) is 6.54 Å². The van der Waals surface area contributed by atoms with Crippen LogP contribution in [-0.2, 0) is 9.53 Å². The molecule has 4 heteroatoms. The number of hydrogen-bond acceptors (Lipinski definition) is 3. The molecule has 0 saturated heterocycles. The van der Waals surface area contributed by atoms with Gasteiger partial charge in [-0.05, 0) is 33.6 Å². The zero-order valence-corrected chi connectivity index (χ0v) is 12.4. The molecular formula is C14H25NO3. The van der Waals surface area contributed by atoms with Crippen molar-refractivity contribution in [2.75, 3.05) is 6.54 Å². The summed E-state index contributed by atoms with van der Waals surface area (Å²) in [5.74, 6) is 0.0697. The molecule has 0 bridgehead atoms. The minimum Gasteiger partial charge on any atom is -0.444 e. The maximum absolute atomic E-state index is 12.1. The molecular weight excluding hydrogens is 230 g/mol. The molecule has 0 heterocycles. The first kappa shape index (κ1) is 15.0. The molecule has 0 aromatic carbocycles. The fraction of sp³-hybridized carbons (Fsp3) is 0.857. The molecule has 0 atom stereocenters. The van der Waals surface area contributed by atoms with Crippen LogP contribution in [0.3, 0.4) is 0 Å². The van der Waals surface area contributed by atoms with E-state index in [2.05, 4.69) is 0 Å². The molecule has 0 unspecified atom stereocenters. The van der Waals surface area contributed by atoms with Gasteiger partial charge in [0.1, 0.15) is 5.60 Å². The molecule has 0 N–H and O–H groups in total. The number of rotatable bonds is 3. The number of carbonyl (C=O) groups excluding carboxylic acids is 2. The third-order valence-electron chi connectivity index (χ3n) is 2.77. The molecule has 1 fully saturated rings. The van der Waals surface area contributed by atoms with E-state index in [9.17, 15) is 9.59 Å². The average molecular weight is 255 g/mol. The topological polar surface area (TPSA) is 46.6 Å². The van der Waals surface area contributed by atoms with Crippen LogP contribution in [0.2, 0.25) is 0 Å². The van der Waals surface area contributed by atoms with Crippen LogP contribution in [0.4, 0.5) is 4.79 Å². The van der Waals surface area contributed by atoms with Crippen LogP contribution >= 0.6 is 0 Å². The number of hydrogen-bond donors (Lipinski definition) is 0. The second-order valence-electron chi connectivity index (χ2n) is 7.01. The number of Topliss-reactive ketones (excluding diaryl/α,β-unsaturated/α-hetero) is 1. The van der Waals surface area contributed by atoms with Crippen LogP contribution in [0, 0.1) is 5.41 Å². The fourth-order valence-electron chi connectivity index (χ4n) is 1.44. The van der Waals surface area contributed by atoms with E-state index in [1.54, 1.807) is 4.90 Å². The van der Waals surface area contributed by atoms with Crippen LogP contribution in [0.15, 0.2) is 0 Å². The van der Waals surface area contributed by atoms with Crippen molar-refractivity contribution in [2.24, 2.45) is 5.41 Å². The van der Waals surface area contributed by atoms with Gasteiger partial charge >= 0.3 is 6.09 Å². The van der Waals surface area contributed by atoms with Gasteiger partial charge in [0.25, 0.3) is 0 Å². The Kier molecular flexibility index (Phi) is 4.08. The number of nitrogens with zero attached hydrogens (tertiary/aromatic N) is 1. The molecule has 1 aliphatic rings. The molecule has 1 rings (SSSR count). The van der Waals surface area contributed by atoms with Crippen molar-refractivity contribution in [3.8, 4) is 0 Å². The molecule has 0 aliphatic heterocycles. The van der Waals surface area contributed by atoms with Gasteiger partial charge in [0, 0.05) is 11.5 Å². The molecule has 1 aliphatic carbocycles. The van der Waals surface area contributed by atoms with Gasteiger partial charge in [-0.25, -0.2) is 4.79 Å². The lowest BCUT2D eigenvalue weighted by Crippen LogP contribution is -2.43. The standard InChI is InChI=1S/C14H25NO3/c1-13(2,3)11(16)9-15(10-7-8-10)12(17)18-14(4,5)6/h10H,7-9H2,1-6H3. The Balaban J connectivity index is 2.66. The third kappa shape index (κ3) is 4.67. The van der Waals surface area contributed by atoms with Gasteiger partial charge in [-0.3, -0.25) is 9.69 Å². The number of carbonyl (C=O) groups is 2. The largest absolute Gasteiger partial charge is 0.444 e. The Hall–Kier alpha value is -1.06. The Morgan fingerprint density at radius 3 is 1.94 bits per heavy atom. The van der Waals surface area contributed by atoms with Crippen LogP contribution in [0.25, 0.3) is 0 Å². The summed E-state index contributed by atoms with van der Waals surface area (Å²) in [6.45, 7) is 11.3. The maximum Gasteiger partial charge on any atom is 0.410 e. The van der Waals surface area contributed by atoms with Gasteiger partial charge in [0.15, 0.2) is 5.78 Å². The molecule has 1 saturated carbocycles. The highest BCUT2D eigenvalue weighted by atomic mass is 16.6. The molecule has 0 aromatic heterocycles. The van der Waals surface area contributed by atoms with E-state index in [1.807, 2.05) is 41.5 Å². The predicted octanol–water partition coefficient (Wildman–Crippen LogP) is 3.00. The van der Waals surface area contributed by atoms with Crippen LogP contribution in [0.5, 0.6) is 0 Å². The summed E-state index contributed by atoms with van der Waals surface area (Å²) in [5.41, 5.74) is -0.940. The predicted molar refractivity (Wildman–Crippen MR) is 70.4 cm³/mol. The zero-order chi connectivity index (χ0) is 14.1. The molecule has 18 heavy (non-hydrogen) atoms. The molecule has 0 radical (unpaired) electrons. The van der Waals surface area contributed by atoms with Crippen LogP contribution in [0.1, 0.15) is 54.4 Å². The lowest BCUT2D eigenvalue weighted by molar-refractivity contribution is -0.127. The highest BCUT2D eigenvalue weighted by Crippen LogP contribution is 2.29. The van der Waals surface area contributed by atoms with Gasteiger partial charge in [-0.2, -0.15) is 0 Å². The Morgan fingerprint density at radius 1 is 1.11 bits per heavy atom. The van der Waals surface area contributed by atoms with Crippen molar-refractivity contribution < 1.29 is 14.3 Å². The number of ether oxygens (including phenoxy) is 1. The van der Waals surface area contributed by atoms with E-state index in [0.717, 1.165) is 12.8 Å². The molecule has 0 spiro atoms. The zero-order valence-electron chi connectivity index (χ0n) is 12.4. The van der Waals surface area contributed by atoms with Gasteiger partial charge < -0.3 is 4.74 Å². The van der Waals surface area contributed by atoms with Gasteiger partial charge in [-0.15, -0.1) is 0 Å². The molecule has 104 valence electrons. The highest BCUT2D eigenvalue weighted by Gasteiger charge is 2.38. The highest BCUT2D eigenvalue weighted by molar-refractivity contribution is 5.88. The van der Waals surface area contributed by atoms with Crippen molar-refractivity contribution in [3.63, 3.8) is 0 Å². The first-order chi connectivity index (χ1) is 8.00. The van der Waals surface area contributed by atoms with Crippen molar-refractivity contribution in [3.05, 3.63) is 0 Å². The van der Waals surface area contributed by atoms with E-state index in [0.29, 0.717) is 0 Å². The Bertz CT molecular complexity index is 332. The summed E-state index contributed by atoms with van der Waals surface area (Å²) in [6.07, 6.45) is 1.57. The van der Waals surface area contributed by atoms with E-state index >= 15 is 0 Å². The Labute approximate surface area is 110 Å². The van der Waals surface area contributed by atoms with E-state index in [4.69, 9.17) is 4.74 Å². The summed E-state index contributed by atoms with van der Waals surface area (Å²) >= 11 is 0. The smallest absolute Gasteiger partial charge is 0.410 e. The van der Waals surface area contributed by atoms with E-state index in [1.165, 1.54) is 0 Å². The van der Waals surface area contributed by atoms with Crippen molar-refractivity contribution in [1.29, 1.82) is 0 Å². The second-order valence-corrected chi connectivity index (χ2v) is 7.01. The lowest BCUT2D eigenvalue weighted by Gasteiger charge is -2.29. The summed E-state index contributed by atoms with van der Waals surface area (Å²) in [6, 6.07) is 0.186. The molecule has 0 aromatic rings. The average Bonchev–Trinajstić information content (AvgIpc) is 2.91. The normalized spacial score (nSPS) is 16.3. The summed E-state index contributed by atoms with van der Waals surface area (Å²) in [7, 11) is 0. The summed E-state index contributed by atoms with van der Waals surface area (Å²) in [4.78, 5) is 25.7. The van der Waals surface area contributed by atoms with Crippen LogP contribution in [-0.4, -0.2) is 35.0 Å². The fourth-order valence-corrected chi connectivity index (χ4v) is 1.44. The van der Waals surface area contributed by atoms with Crippen LogP contribution < -0.4 is 0 Å². The second kappa shape index (κ2) is 4.90. The van der Waals surface area contributed by atoms with Gasteiger partial charge in [-0.1, -0.05) is 20.8 Å². The minimum absolute atomic E-state index is 0.0697. The lowest BCUT2D eigenvalue weighted by atomic mass is 9.90. The van der Waals surface area contributed by atoms with E-state index in [-0.39, 0.29) is 24.5 Å². The summed E-state index contributed by atoms with van der Waals surface area (Å²) in [5, 5.41) is 0.